The van der Waals surface area contributed by atoms with Crippen LogP contribution >= 0.6 is 0 Å². The van der Waals surface area contributed by atoms with E-state index in [1.165, 1.54) is 12.5 Å². The molecule has 3 aliphatic heterocycles. The zero-order valence-electron chi connectivity index (χ0n) is 18.1. The van der Waals surface area contributed by atoms with Crippen molar-refractivity contribution in [3.63, 3.8) is 0 Å². The van der Waals surface area contributed by atoms with Crippen LogP contribution in [-0.4, -0.2) is 54.7 Å². The van der Waals surface area contributed by atoms with E-state index in [1.807, 2.05) is 6.07 Å². The van der Waals surface area contributed by atoms with Gasteiger partial charge in [0.1, 0.15) is 11.9 Å². The number of anilines is 1. The second kappa shape index (κ2) is 5.78. The molecule has 3 saturated carbocycles. The Labute approximate surface area is 177 Å². The molecule has 1 aromatic carbocycles. The van der Waals surface area contributed by atoms with Crippen molar-refractivity contribution in [3.8, 4) is 5.75 Å². The molecule has 1 aromatic rings. The van der Waals surface area contributed by atoms with E-state index in [0.717, 1.165) is 63.1 Å². The number of hydrogen-bond donors (Lipinski definition) is 0. The van der Waals surface area contributed by atoms with Crippen LogP contribution in [0.3, 0.4) is 0 Å². The van der Waals surface area contributed by atoms with E-state index < -0.39 is 0 Å². The van der Waals surface area contributed by atoms with E-state index >= 15 is 0 Å². The highest BCUT2D eigenvalue weighted by atomic mass is 16.5. The summed E-state index contributed by atoms with van der Waals surface area (Å²) in [5.74, 6) is 0.734. The van der Waals surface area contributed by atoms with Crippen LogP contribution < -0.4 is 9.64 Å². The fourth-order valence-corrected chi connectivity index (χ4v) is 8.68. The first-order valence-corrected chi connectivity index (χ1v) is 11.3. The fraction of sp³-hybridized carbons (Fsp3) is 0.667. The quantitative estimate of drug-likeness (QED) is 0.702. The molecule has 3 aliphatic carbocycles. The lowest BCUT2D eigenvalue weighted by atomic mass is 9.41. The Bertz CT molecular complexity index is 951. The number of rotatable bonds is 2. The molecule has 7 rings (SSSR count). The Balaban J connectivity index is 1.62. The maximum Gasteiger partial charge on any atom is 0.302 e. The monoisotopic (exact) mass is 410 g/mol. The Hall–Kier alpha value is -2.08. The summed E-state index contributed by atoms with van der Waals surface area (Å²) in [4.78, 5) is 29.9. The minimum absolute atomic E-state index is 0.0185. The van der Waals surface area contributed by atoms with E-state index in [4.69, 9.17) is 9.47 Å². The van der Waals surface area contributed by atoms with Gasteiger partial charge in [-0.3, -0.25) is 14.5 Å². The molecular formula is C24H30N2O4. The lowest BCUT2D eigenvalue weighted by molar-refractivity contribution is -0.193. The highest BCUT2D eigenvalue weighted by molar-refractivity contribution is 5.99. The van der Waals surface area contributed by atoms with Crippen LogP contribution in [0.25, 0.3) is 0 Å². The summed E-state index contributed by atoms with van der Waals surface area (Å²) >= 11 is 0. The molecule has 2 bridgehead atoms. The van der Waals surface area contributed by atoms with Gasteiger partial charge in [-0.2, -0.15) is 0 Å². The first kappa shape index (κ1) is 18.7. The number of ether oxygens (including phenoxy) is 2. The first-order chi connectivity index (χ1) is 14.4. The lowest BCUT2D eigenvalue weighted by Gasteiger charge is -2.69. The van der Waals surface area contributed by atoms with E-state index in [1.54, 1.807) is 14.0 Å². The van der Waals surface area contributed by atoms with Gasteiger partial charge in [0.15, 0.2) is 0 Å². The van der Waals surface area contributed by atoms with E-state index in [0.29, 0.717) is 6.04 Å². The van der Waals surface area contributed by atoms with E-state index in [9.17, 15) is 9.59 Å². The minimum atomic E-state index is -0.199. The van der Waals surface area contributed by atoms with Crippen LogP contribution in [-0.2, 0) is 19.7 Å². The number of carbonyl (C=O) groups excluding carboxylic acids is 2. The smallest absolute Gasteiger partial charge is 0.302 e. The third-order valence-electron chi connectivity index (χ3n) is 9.30. The second-order valence-corrected chi connectivity index (χ2v) is 10.0. The van der Waals surface area contributed by atoms with Gasteiger partial charge in [0, 0.05) is 37.3 Å². The number of benzene rings is 1. The summed E-state index contributed by atoms with van der Waals surface area (Å²) in [6.45, 7) is 5.25. The van der Waals surface area contributed by atoms with Crippen molar-refractivity contribution < 1.29 is 19.1 Å². The number of piperidine rings is 1. The van der Waals surface area contributed by atoms with Gasteiger partial charge in [-0.25, -0.2) is 0 Å². The number of esters is 1. The minimum Gasteiger partial charge on any atom is -0.495 e. The number of carbonyl (C=O) groups is 2. The number of para-hydroxylation sites is 1. The molecule has 0 N–H and O–H groups in total. The van der Waals surface area contributed by atoms with Crippen molar-refractivity contribution in [1.29, 1.82) is 0 Å². The van der Waals surface area contributed by atoms with Crippen molar-refractivity contribution >= 4 is 17.6 Å². The standard InChI is InChI=1S/C24H30N2O4/c1-15(27)26-20-17(5-4-6-18(20)29-3)24-12-14-25-13-7-19(30-16(2)28)22(21(24)25)8-10-23(24,26)11-9-22/h4-6,19,21H,7-14H2,1-3H3/t19-,21+,22?,23?,24-/m1/s1. The molecule has 6 nitrogen and oxygen atoms in total. The van der Waals surface area contributed by atoms with Gasteiger partial charge >= 0.3 is 5.97 Å². The molecule has 3 heterocycles. The van der Waals surface area contributed by atoms with Crippen molar-refractivity contribution in [2.75, 3.05) is 25.1 Å². The Kier molecular flexibility index (Phi) is 3.60. The summed E-state index contributed by atoms with van der Waals surface area (Å²) in [5.41, 5.74) is 1.93. The summed E-state index contributed by atoms with van der Waals surface area (Å²) in [6.07, 6.45) is 5.89. The molecule has 0 aromatic heterocycles. The number of methoxy groups -OCH3 is 1. The van der Waals surface area contributed by atoms with Gasteiger partial charge in [0.05, 0.1) is 18.3 Å². The van der Waals surface area contributed by atoms with Gasteiger partial charge in [0.2, 0.25) is 5.91 Å². The molecule has 0 radical (unpaired) electrons. The van der Waals surface area contributed by atoms with E-state index in [-0.39, 0.29) is 34.3 Å². The van der Waals surface area contributed by atoms with Crippen molar-refractivity contribution in [2.45, 2.75) is 75.5 Å². The predicted molar refractivity (Wildman–Crippen MR) is 112 cm³/mol. The Morgan fingerprint density at radius 2 is 1.83 bits per heavy atom. The summed E-state index contributed by atoms with van der Waals surface area (Å²) in [5, 5.41) is 0. The third-order valence-corrected chi connectivity index (χ3v) is 9.30. The van der Waals surface area contributed by atoms with Crippen LogP contribution in [0.2, 0.25) is 0 Å². The third kappa shape index (κ3) is 1.82. The molecule has 30 heavy (non-hydrogen) atoms. The normalized spacial score (nSPS) is 40.6. The van der Waals surface area contributed by atoms with Crippen LogP contribution in [0, 0.1) is 5.41 Å². The second-order valence-electron chi connectivity index (χ2n) is 10.0. The Morgan fingerprint density at radius 3 is 2.50 bits per heavy atom. The van der Waals surface area contributed by atoms with Gasteiger partial charge < -0.3 is 14.4 Å². The summed E-state index contributed by atoms with van der Waals surface area (Å²) in [7, 11) is 1.70. The molecule has 6 heteroatoms. The fourth-order valence-electron chi connectivity index (χ4n) is 8.68. The predicted octanol–water partition coefficient (Wildman–Crippen LogP) is 3.02. The summed E-state index contributed by atoms with van der Waals surface area (Å²) < 4.78 is 11.8. The average Bonchev–Trinajstić information content (AvgIpc) is 3.25. The maximum atomic E-state index is 13.1. The molecule has 3 spiro atoms. The van der Waals surface area contributed by atoms with Gasteiger partial charge in [-0.05, 0) is 56.7 Å². The number of hydrogen-bond acceptors (Lipinski definition) is 5. The molecular weight excluding hydrogens is 380 g/mol. The highest BCUT2D eigenvalue weighted by Gasteiger charge is 2.79. The highest BCUT2D eigenvalue weighted by Crippen LogP contribution is 2.75. The number of nitrogens with zero attached hydrogens (tertiary/aromatic N) is 2. The largest absolute Gasteiger partial charge is 0.495 e. The molecule has 6 aliphatic rings. The molecule has 160 valence electrons. The summed E-state index contributed by atoms with van der Waals surface area (Å²) in [6, 6.07) is 6.60. The molecule has 1 amide bonds. The lowest BCUT2D eigenvalue weighted by Crippen LogP contribution is -2.77. The zero-order chi connectivity index (χ0) is 20.9. The number of fused-ring (bicyclic) bond motifs is 3. The van der Waals surface area contributed by atoms with Gasteiger partial charge in [-0.15, -0.1) is 0 Å². The SMILES string of the molecule is COc1cccc2c1N(C(C)=O)C13CCC4(CC1)[C@H](OC(C)=O)CCN1CC[C@]23[C@@H]14. The van der Waals surface area contributed by atoms with Crippen LogP contribution in [0.15, 0.2) is 18.2 Å². The van der Waals surface area contributed by atoms with Gasteiger partial charge in [0.25, 0.3) is 0 Å². The Morgan fingerprint density at radius 1 is 1.07 bits per heavy atom. The van der Waals surface area contributed by atoms with Crippen LogP contribution in [0.1, 0.15) is 57.9 Å². The van der Waals surface area contributed by atoms with Crippen molar-refractivity contribution in [3.05, 3.63) is 23.8 Å². The van der Waals surface area contributed by atoms with Crippen LogP contribution in [0.5, 0.6) is 5.75 Å². The number of amides is 1. The molecule has 5 fully saturated rings. The molecule has 0 unspecified atom stereocenters. The average molecular weight is 411 g/mol. The van der Waals surface area contributed by atoms with Crippen molar-refractivity contribution in [1.82, 2.24) is 4.90 Å². The van der Waals surface area contributed by atoms with Crippen LogP contribution in [0.4, 0.5) is 5.69 Å². The maximum absolute atomic E-state index is 13.1. The van der Waals surface area contributed by atoms with E-state index in [2.05, 4.69) is 21.9 Å². The topological polar surface area (TPSA) is 59.1 Å². The zero-order valence-corrected chi connectivity index (χ0v) is 18.1. The van der Waals surface area contributed by atoms with Gasteiger partial charge in [-0.1, -0.05) is 12.1 Å². The molecule has 2 saturated heterocycles. The first-order valence-electron chi connectivity index (χ1n) is 11.3. The van der Waals surface area contributed by atoms with Crippen molar-refractivity contribution in [2.24, 2.45) is 5.41 Å². The molecule has 3 atom stereocenters.